The number of amides is 6. The highest BCUT2D eigenvalue weighted by Gasteiger charge is 2.34. The molecule has 4 fully saturated rings. The first-order chi connectivity index (χ1) is 31.9. The van der Waals surface area contributed by atoms with Crippen LogP contribution in [0.4, 0.5) is 22.0 Å². The van der Waals surface area contributed by atoms with E-state index in [0.29, 0.717) is 74.6 Å². The van der Waals surface area contributed by atoms with Gasteiger partial charge in [0.2, 0.25) is 29.5 Å². The lowest BCUT2D eigenvalue weighted by Crippen LogP contribution is -2.52. The number of fused-ring (bicyclic) bond motifs is 1. The minimum atomic E-state index is -0.616. The van der Waals surface area contributed by atoms with Gasteiger partial charge in [-0.25, -0.2) is 24.3 Å². The van der Waals surface area contributed by atoms with Crippen molar-refractivity contribution in [1.29, 1.82) is 0 Å². The number of piperazine rings is 1. The molecule has 0 bridgehead atoms. The molecular weight excluding hydrogens is 891 g/mol. The number of carbonyl (C=O) groups excluding carboxylic acids is 5. The van der Waals surface area contributed by atoms with E-state index < -0.39 is 12.1 Å². The molecule has 21 heteroatoms. The summed E-state index contributed by atoms with van der Waals surface area (Å²) in [5.41, 5.74) is 2.49. The molecule has 66 heavy (non-hydrogen) atoms. The maximum absolute atomic E-state index is 13.6. The van der Waals surface area contributed by atoms with Crippen LogP contribution in [0.3, 0.4) is 0 Å². The second kappa shape index (κ2) is 21.3. The maximum atomic E-state index is 13.6. The van der Waals surface area contributed by atoms with Crippen LogP contribution in [0.5, 0.6) is 5.88 Å². The van der Waals surface area contributed by atoms with Crippen molar-refractivity contribution in [2.75, 3.05) is 81.6 Å². The highest BCUT2D eigenvalue weighted by Crippen LogP contribution is 2.33. The summed E-state index contributed by atoms with van der Waals surface area (Å²) >= 11 is 12.3. The van der Waals surface area contributed by atoms with Crippen LogP contribution in [0.2, 0.25) is 10.2 Å². The molecule has 4 aromatic rings. The third kappa shape index (κ3) is 11.3. The van der Waals surface area contributed by atoms with E-state index in [4.69, 9.17) is 32.7 Å². The van der Waals surface area contributed by atoms with Crippen molar-refractivity contribution in [3.8, 4) is 5.88 Å². The Morgan fingerprint density at radius 2 is 1.62 bits per heavy atom. The Hall–Kier alpha value is -5.63. The maximum Gasteiger partial charge on any atom is 0.323 e. The van der Waals surface area contributed by atoms with Gasteiger partial charge in [0, 0.05) is 89.6 Å². The van der Waals surface area contributed by atoms with E-state index in [1.165, 1.54) is 30.1 Å². The van der Waals surface area contributed by atoms with Crippen LogP contribution in [0.15, 0.2) is 42.9 Å². The van der Waals surface area contributed by atoms with Crippen LogP contribution in [-0.2, 0) is 23.9 Å². The monoisotopic (exact) mass is 946 g/mol. The zero-order valence-electron chi connectivity index (χ0n) is 37.1. The van der Waals surface area contributed by atoms with E-state index in [1.807, 2.05) is 17.0 Å². The van der Waals surface area contributed by atoms with Gasteiger partial charge in [-0.15, -0.1) is 0 Å². The standard InChI is InChI=1S/C45H56Cl2N12O7/c1-27(65-2)40-35(25-50-38-23-36(47)55-59(38)40)53-45(64)52-34-22-32(46)24-51-43(34)66-20-13-49-41(61)29-3-5-30(6-4-29)44(63)58-18-16-56(17-19-58)26-28-10-14-57(15-11-28)37-21-31(9-12-48-37)33-7-8-39(60)54-42(33)62/h9,12,21-25,27-30,33H,3-8,10-11,13-20,26H2,1-2H3,(H,49,61)(H2,52,53,64)(H,54,60,62)/t27-,29?,30?,33?/m0/s1. The molecule has 1 unspecified atom stereocenters. The number of nitrogens with zero attached hydrogens (tertiary/aromatic N) is 8. The fraction of sp³-hybridized carbons (Fsp3) is 0.533. The summed E-state index contributed by atoms with van der Waals surface area (Å²) in [6, 6.07) is 6.36. The summed E-state index contributed by atoms with van der Waals surface area (Å²) in [5, 5.41) is 15.7. The minimum Gasteiger partial charge on any atom is -0.474 e. The zero-order valence-corrected chi connectivity index (χ0v) is 38.7. The third-order valence-corrected chi connectivity index (χ3v) is 13.6. The Morgan fingerprint density at radius 3 is 2.36 bits per heavy atom. The Bertz CT molecular complexity index is 2410. The van der Waals surface area contributed by atoms with Crippen LogP contribution in [-0.4, -0.2) is 130 Å². The molecule has 19 nitrogen and oxygen atoms in total. The van der Waals surface area contributed by atoms with Gasteiger partial charge in [-0.3, -0.25) is 29.4 Å². The molecule has 0 aromatic carbocycles. The van der Waals surface area contributed by atoms with Crippen LogP contribution < -0.4 is 30.9 Å². The van der Waals surface area contributed by atoms with E-state index in [-0.39, 0.29) is 76.3 Å². The highest BCUT2D eigenvalue weighted by molar-refractivity contribution is 6.31. The number of pyridine rings is 2. The lowest BCUT2D eigenvalue weighted by atomic mass is 9.81. The molecule has 4 aliphatic rings. The first-order valence-electron chi connectivity index (χ1n) is 22.7. The number of nitrogens with one attached hydrogen (secondary N) is 4. The molecule has 4 N–H and O–H groups in total. The van der Waals surface area contributed by atoms with Gasteiger partial charge in [0.05, 0.1) is 41.2 Å². The number of carbonyl (C=O) groups is 5. The molecule has 6 amide bonds. The number of hydrogen-bond donors (Lipinski definition) is 4. The zero-order chi connectivity index (χ0) is 46.3. The molecule has 1 aliphatic carbocycles. The molecule has 4 aromatic heterocycles. The molecule has 0 radical (unpaired) electrons. The number of aromatic nitrogens is 5. The predicted octanol–water partition coefficient (Wildman–Crippen LogP) is 5.06. The van der Waals surface area contributed by atoms with Crippen molar-refractivity contribution in [2.24, 2.45) is 17.8 Å². The Balaban J connectivity index is 0.724. The van der Waals surface area contributed by atoms with Crippen molar-refractivity contribution < 1.29 is 33.4 Å². The van der Waals surface area contributed by atoms with Crippen molar-refractivity contribution in [2.45, 2.75) is 70.3 Å². The number of urea groups is 1. The van der Waals surface area contributed by atoms with Gasteiger partial charge >= 0.3 is 6.03 Å². The molecule has 3 saturated heterocycles. The first-order valence-corrected chi connectivity index (χ1v) is 23.4. The summed E-state index contributed by atoms with van der Waals surface area (Å²) in [4.78, 5) is 84.0. The number of anilines is 3. The average Bonchev–Trinajstić information content (AvgIpc) is 3.71. The quantitative estimate of drug-likeness (QED) is 0.0962. The number of ether oxygens (including phenoxy) is 2. The van der Waals surface area contributed by atoms with Crippen LogP contribution in [0.25, 0.3) is 5.65 Å². The molecule has 8 rings (SSSR count). The second-order valence-electron chi connectivity index (χ2n) is 17.5. The molecule has 1 saturated carbocycles. The van der Waals surface area contributed by atoms with Gasteiger partial charge in [0.25, 0.3) is 0 Å². The summed E-state index contributed by atoms with van der Waals surface area (Å²) in [7, 11) is 1.54. The Labute approximate surface area is 392 Å². The number of halogens is 2. The SMILES string of the molecule is CO[C@@H](C)c1c(NC(=O)Nc2cc(Cl)cnc2OCCNC(=O)C2CCC(C(=O)N3CCN(CC4CCN(c5cc(C6CCC(=O)NC6=O)ccn5)CC4)CC3)CC2)cnc2cc(Cl)nn12. The Kier molecular flexibility index (Phi) is 15.2. The number of methoxy groups -OCH3 is 1. The van der Waals surface area contributed by atoms with Crippen molar-refractivity contribution in [1.82, 2.24) is 45.0 Å². The third-order valence-electron chi connectivity index (χ3n) is 13.2. The van der Waals surface area contributed by atoms with Gasteiger partial charge in [0.15, 0.2) is 10.8 Å². The highest BCUT2D eigenvalue weighted by atomic mass is 35.5. The number of imide groups is 1. The largest absolute Gasteiger partial charge is 0.474 e. The number of hydrogen-bond acceptors (Lipinski definition) is 13. The van der Waals surface area contributed by atoms with Crippen molar-refractivity contribution in [3.63, 3.8) is 0 Å². The molecule has 7 heterocycles. The fourth-order valence-corrected chi connectivity index (χ4v) is 9.78. The van der Waals surface area contributed by atoms with Gasteiger partial charge < -0.3 is 35.2 Å². The normalized spacial score (nSPS) is 21.3. The van der Waals surface area contributed by atoms with Crippen LogP contribution in [0, 0.1) is 17.8 Å². The summed E-state index contributed by atoms with van der Waals surface area (Å²) < 4.78 is 12.9. The van der Waals surface area contributed by atoms with E-state index >= 15 is 0 Å². The molecule has 3 aliphatic heterocycles. The second-order valence-corrected chi connectivity index (χ2v) is 18.3. The molecule has 352 valence electrons. The summed E-state index contributed by atoms with van der Waals surface area (Å²) in [6.45, 7) is 8.02. The van der Waals surface area contributed by atoms with E-state index in [2.05, 4.69) is 51.1 Å². The number of piperidine rings is 2. The average molecular weight is 948 g/mol. The van der Waals surface area contributed by atoms with Crippen molar-refractivity contribution in [3.05, 3.63) is 64.3 Å². The summed E-state index contributed by atoms with van der Waals surface area (Å²) in [6.07, 6.45) is 9.78. The lowest BCUT2D eigenvalue weighted by Gasteiger charge is -2.40. The Morgan fingerprint density at radius 1 is 0.879 bits per heavy atom. The minimum absolute atomic E-state index is 0.0760. The van der Waals surface area contributed by atoms with Crippen molar-refractivity contribution >= 4 is 75.7 Å². The summed E-state index contributed by atoms with van der Waals surface area (Å²) in [5.74, 6) is 0.645. The van der Waals surface area contributed by atoms with E-state index in [1.54, 1.807) is 19.2 Å². The molecule has 0 spiro atoms. The molecule has 2 atom stereocenters. The van der Waals surface area contributed by atoms with E-state index in [0.717, 1.165) is 56.9 Å². The number of rotatable bonds is 14. The lowest BCUT2D eigenvalue weighted by molar-refractivity contribution is -0.140. The van der Waals surface area contributed by atoms with Gasteiger partial charge in [-0.2, -0.15) is 5.10 Å². The predicted molar refractivity (Wildman–Crippen MR) is 247 cm³/mol. The van der Waals surface area contributed by atoms with Crippen LogP contribution in [0.1, 0.15) is 81.6 Å². The van der Waals surface area contributed by atoms with Crippen LogP contribution >= 0.6 is 23.2 Å². The molecular formula is C45H56Cl2N12O7. The first kappa shape index (κ1) is 46.9. The van der Waals surface area contributed by atoms with E-state index in [9.17, 15) is 24.0 Å². The smallest absolute Gasteiger partial charge is 0.323 e. The fourth-order valence-electron chi connectivity index (χ4n) is 9.45. The van der Waals surface area contributed by atoms with Gasteiger partial charge in [-0.1, -0.05) is 23.2 Å². The van der Waals surface area contributed by atoms with Gasteiger partial charge in [-0.05, 0) is 81.5 Å². The topological polar surface area (TPSA) is 218 Å². The van der Waals surface area contributed by atoms with Gasteiger partial charge in [0.1, 0.15) is 18.1 Å².